The Balaban J connectivity index is 2.27. The number of hydrogen-bond acceptors (Lipinski definition) is 5. The Morgan fingerprint density at radius 3 is 3.00 bits per heavy atom. The van der Waals surface area contributed by atoms with Gasteiger partial charge in [0.25, 0.3) is 0 Å². The summed E-state index contributed by atoms with van der Waals surface area (Å²) in [6, 6.07) is 3.43. The van der Waals surface area contributed by atoms with Gasteiger partial charge in [0.2, 0.25) is 5.95 Å². The van der Waals surface area contributed by atoms with Gasteiger partial charge in [0.1, 0.15) is 5.15 Å². The van der Waals surface area contributed by atoms with E-state index in [9.17, 15) is 0 Å². The first kappa shape index (κ1) is 9.98. The Labute approximate surface area is 101 Å². The Kier molecular flexibility index (Phi) is 2.15. The molecule has 6 nitrogen and oxygen atoms in total. The molecule has 0 fully saturated rings. The first-order valence-corrected chi connectivity index (χ1v) is 5.20. The van der Waals surface area contributed by atoms with Crippen molar-refractivity contribution in [3.8, 4) is 11.3 Å². The first-order chi connectivity index (χ1) is 8.24. The third-order valence-corrected chi connectivity index (χ3v) is 2.46. The normalized spacial score (nSPS) is 10.9. The lowest BCUT2D eigenvalue weighted by molar-refractivity contribution is 0.939. The summed E-state index contributed by atoms with van der Waals surface area (Å²) in [5.74, 6) is 0.128. The lowest BCUT2D eigenvalue weighted by Gasteiger charge is -1.99. The highest BCUT2D eigenvalue weighted by Crippen LogP contribution is 2.23. The van der Waals surface area contributed by atoms with Crippen LogP contribution < -0.4 is 5.73 Å². The third kappa shape index (κ3) is 1.68. The maximum atomic E-state index is 5.84. The summed E-state index contributed by atoms with van der Waals surface area (Å²) in [6.45, 7) is 0. The van der Waals surface area contributed by atoms with Crippen LogP contribution in [0.2, 0.25) is 5.15 Å². The van der Waals surface area contributed by atoms with Crippen LogP contribution >= 0.6 is 11.6 Å². The van der Waals surface area contributed by atoms with E-state index in [1.54, 1.807) is 35.2 Å². The van der Waals surface area contributed by atoms with Crippen molar-refractivity contribution in [2.24, 2.45) is 0 Å². The fourth-order valence-electron chi connectivity index (χ4n) is 1.58. The topological polar surface area (TPSA) is 82.0 Å². The van der Waals surface area contributed by atoms with Gasteiger partial charge in [-0.15, -0.1) is 0 Å². The second-order valence-electron chi connectivity index (χ2n) is 3.38. The molecule has 0 aromatic carbocycles. The van der Waals surface area contributed by atoms with Crippen LogP contribution in [0.1, 0.15) is 0 Å². The second-order valence-corrected chi connectivity index (χ2v) is 3.77. The summed E-state index contributed by atoms with van der Waals surface area (Å²) in [4.78, 5) is 12.2. The van der Waals surface area contributed by atoms with E-state index >= 15 is 0 Å². The zero-order valence-corrected chi connectivity index (χ0v) is 9.33. The number of aromatic nitrogens is 5. The van der Waals surface area contributed by atoms with Crippen molar-refractivity contribution in [1.82, 2.24) is 24.6 Å². The van der Waals surface area contributed by atoms with Crippen LogP contribution in [0.15, 0.2) is 30.7 Å². The van der Waals surface area contributed by atoms with Gasteiger partial charge in [-0.3, -0.25) is 0 Å². The minimum absolute atomic E-state index is 0.128. The van der Waals surface area contributed by atoms with E-state index in [2.05, 4.69) is 20.1 Å². The third-order valence-electron chi connectivity index (χ3n) is 2.27. The lowest BCUT2D eigenvalue weighted by Crippen LogP contribution is -1.96. The van der Waals surface area contributed by atoms with Gasteiger partial charge in [-0.25, -0.2) is 19.5 Å². The molecule has 3 aromatic rings. The van der Waals surface area contributed by atoms with E-state index in [4.69, 9.17) is 17.3 Å². The molecule has 3 heterocycles. The largest absolute Gasteiger partial charge is 0.368 e. The van der Waals surface area contributed by atoms with Gasteiger partial charge in [0, 0.05) is 18.5 Å². The standard InChI is InChI=1S/C10H7ClN6/c11-8-4-7(15-10(12)16-8)6-5-14-17-3-1-2-13-9(6)17/h1-5H,(H2,12,15,16). The number of nitrogens with zero attached hydrogens (tertiary/aromatic N) is 5. The summed E-state index contributed by atoms with van der Waals surface area (Å²) >= 11 is 5.84. The molecule has 0 saturated heterocycles. The van der Waals surface area contributed by atoms with Crippen molar-refractivity contribution < 1.29 is 0 Å². The SMILES string of the molecule is Nc1nc(Cl)cc(-c2cnn3cccnc23)n1. The van der Waals surface area contributed by atoms with Gasteiger partial charge < -0.3 is 5.73 Å². The highest BCUT2D eigenvalue weighted by atomic mass is 35.5. The van der Waals surface area contributed by atoms with Gasteiger partial charge in [-0.05, 0) is 6.07 Å². The maximum absolute atomic E-state index is 5.84. The number of hydrogen-bond donors (Lipinski definition) is 1. The van der Waals surface area contributed by atoms with Crippen molar-refractivity contribution >= 4 is 23.2 Å². The predicted octanol–water partition coefficient (Wildman–Crippen LogP) is 1.42. The van der Waals surface area contributed by atoms with Gasteiger partial charge in [-0.2, -0.15) is 5.10 Å². The van der Waals surface area contributed by atoms with Crippen LogP contribution in [0.3, 0.4) is 0 Å². The minimum Gasteiger partial charge on any atom is -0.368 e. The Hall–Kier alpha value is -2.21. The average molecular weight is 247 g/mol. The van der Waals surface area contributed by atoms with Crippen molar-refractivity contribution in [2.45, 2.75) is 0 Å². The van der Waals surface area contributed by atoms with Crippen LogP contribution in [0, 0.1) is 0 Å². The summed E-state index contributed by atoms with van der Waals surface area (Å²) in [7, 11) is 0. The van der Waals surface area contributed by atoms with E-state index in [1.807, 2.05) is 0 Å². The smallest absolute Gasteiger partial charge is 0.221 e. The maximum Gasteiger partial charge on any atom is 0.221 e. The predicted molar refractivity (Wildman–Crippen MR) is 63.4 cm³/mol. The van der Waals surface area contributed by atoms with E-state index in [-0.39, 0.29) is 5.95 Å². The quantitative estimate of drug-likeness (QED) is 0.657. The summed E-state index contributed by atoms with van der Waals surface area (Å²) in [6.07, 6.45) is 5.16. The van der Waals surface area contributed by atoms with Crippen molar-refractivity contribution in [3.63, 3.8) is 0 Å². The molecule has 0 aliphatic carbocycles. The monoisotopic (exact) mass is 246 g/mol. The fraction of sp³-hybridized carbons (Fsp3) is 0. The highest BCUT2D eigenvalue weighted by Gasteiger charge is 2.10. The van der Waals surface area contributed by atoms with Crippen LogP contribution in [0.25, 0.3) is 16.9 Å². The number of halogens is 1. The number of rotatable bonds is 1. The van der Waals surface area contributed by atoms with Crippen molar-refractivity contribution in [3.05, 3.63) is 35.9 Å². The summed E-state index contributed by atoms with van der Waals surface area (Å²) in [5, 5.41) is 4.46. The Morgan fingerprint density at radius 2 is 2.18 bits per heavy atom. The minimum atomic E-state index is 0.128. The highest BCUT2D eigenvalue weighted by molar-refractivity contribution is 6.29. The molecule has 2 N–H and O–H groups in total. The van der Waals surface area contributed by atoms with Gasteiger partial charge in [0.05, 0.1) is 17.5 Å². The van der Waals surface area contributed by atoms with E-state index < -0.39 is 0 Å². The van der Waals surface area contributed by atoms with Crippen molar-refractivity contribution in [1.29, 1.82) is 0 Å². The van der Waals surface area contributed by atoms with Gasteiger partial charge in [0.15, 0.2) is 5.65 Å². The molecule has 0 radical (unpaired) electrons. The van der Waals surface area contributed by atoms with Crippen LogP contribution in [0.4, 0.5) is 5.95 Å². The van der Waals surface area contributed by atoms with Gasteiger partial charge >= 0.3 is 0 Å². The summed E-state index contributed by atoms with van der Waals surface area (Å²) < 4.78 is 1.65. The fourth-order valence-corrected chi connectivity index (χ4v) is 1.77. The molecule has 0 amide bonds. The number of anilines is 1. The van der Waals surface area contributed by atoms with Crippen LogP contribution in [-0.2, 0) is 0 Å². The molecule has 84 valence electrons. The number of nitrogens with two attached hydrogens (primary N) is 1. The summed E-state index contributed by atoms with van der Waals surface area (Å²) in [5.41, 5.74) is 7.62. The first-order valence-electron chi connectivity index (χ1n) is 4.83. The zero-order valence-electron chi connectivity index (χ0n) is 8.58. The van der Waals surface area contributed by atoms with E-state index in [0.717, 1.165) is 5.56 Å². The second kappa shape index (κ2) is 3.67. The molecule has 0 aliphatic heterocycles. The molecule has 0 aliphatic rings. The molecular formula is C10H7ClN6. The number of nitrogen functional groups attached to an aromatic ring is 1. The molecule has 0 atom stereocenters. The van der Waals surface area contributed by atoms with E-state index in [1.165, 1.54) is 0 Å². The molecule has 3 aromatic heterocycles. The number of fused-ring (bicyclic) bond motifs is 1. The molecule has 17 heavy (non-hydrogen) atoms. The van der Waals surface area contributed by atoms with Crippen molar-refractivity contribution in [2.75, 3.05) is 5.73 Å². The molecule has 3 rings (SSSR count). The Morgan fingerprint density at radius 1 is 1.29 bits per heavy atom. The molecule has 0 spiro atoms. The molecular weight excluding hydrogens is 240 g/mol. The van der Waals surface area contributed by atoms with Gasteiger partial charge in [-0.1, -0.05) is 11.6 Å². The molecule has 0 saturated carbocycles. The molecule has 0 unspecified atom stereocenters. The lowest BCUT2D eigenvalue weighted by atomic mass is 10.2. The van der Waals surface area contributed by atoms with Crippen LogP contribution in [0.5, 0.6) is 0 Å². The molecule has 0 bridgehead atoms. The van der Waals surface area contributed by atoms with Crippen LogP contribution in [-0.4, -0.2) is 24.6 Å². The molecule has 7 heteroatoms. The Bertz CT molecular complexity index is 672. The average Bonchev–Trinajstić information content (AvgIpc) is 2.71. The zero-order chi connectivity index (χ0) is 11.8. The van der Waals surface area contributed by atoms with E-state index in [0.29, 0.717) is 16.5 Å².